The van der Waals surface area contributed by atoms with Crippen LogP contribution in [0, 0.1) is 17.3 Å². The summed E-state index contributed by atoms with van der Waals surface area (Å²) >= 11 is 0. The summed E-state index contributed by atoms with van der Waals surface area (Å²) in [6.07, 6.45) is 12.8. The van der Waals surface area contributed by atoms with Gasteiger partial charge in [0.05, 0.1) is 0 Å². The maximum Gasteiger partial charge on any atom is 0.193 e. The number of unbranched alkanes of at least 4 members (excludes halogenated alkanes) is 5. The Morgan fingerprint density at radius 3 is 2.07 bits per heavy atom. The Balaban J connectivity index is 1.93. The maximum atomic E-state index is 9.81. The largest absolute Gasteiger partial charge is 0.494 e. The zero-order valence-corrected chi connectivity index (χ0v) is 20.6. The average molecular weight is 421 g/mol. The van der Waals surface area contributed by atoms with Crippen molar-refractivity contribution in [3.05, 3.63) is 12.1 Å². The van der Waals surface area contributed by atoms with E-state index in [0.717, 1.165) is 24.7 Å². The molecule has 0 radical (unpaired) electrons. The second-order valence-corrected chi connectivity index (χ2v) is 10.8. The number of likely N-dealkylation sites (tertiary alicyclic amines) is 1. The van der Waals surface area contributed by atoms with Crippen LogP contribution in [0.15, 0.2) is 12.1 Å². The molecule has 0 spiro atoms. The normalized spacial score (nSPS) is 22.3. The third-order valence-corrected chi connectivity index (χ3v) is 8.62. The Kier molecular flexibility index (Phi) is 9.14. The van der Waals surface area contributed by atoms with Gasteiger partial charge in [-0.05, 0) is 57.5 Å². The molecule has 0 bridgehead atoms. The van der Waals surface area contributed by atoms with Crippen molar-refractivity contribution in [2.75, 3.05) is 13.6 Å². The fourth-order valence-electron chi connectivity index (χ4n) is 5.65. The van der Waals surface area contributed by atoms with Crippen molar-refractivity contribution < 1.29 is 10.2 Å². The van der Waals surface area contributed by atoms with E-state index < -0.39 is 0 Å². The van der Waals surface area contributed by atoms with E-state index in [2.05, 4.69) is 46.6 Å². The van der Waals surface area contributed by atoms with E-state index in [4.69, 9.17) is 0 Å². The highest BCUT2D eigenvalue weighted by atomic mass is 16.3. The highest BCUT2D eigenvalue weighted by molar-refractivity contribution is 5.23. The molecule has 2 unspecified atom stereocenters. The van der Waals surface area contributed by atoms with E-state index >= 15 is 0 Å². The van der Waals surface area contributed by atoms with Gasteiger partial charge in [0.2, 0.25) is 0 Å². The summed E-state index contributed by atoms with van der Waals surface area (Å²) in [5.74, 6) is 1.91. The van der Waals surface area contributed by atoms with Gasteiger partial charge in [-0.3, -0.25) is 4.57 Å². The van der Waals surface area contributed by atoms with Crippen molar-refractivity contribution in [2.45, 2.75) is 111 Å². The van der Waals surface area contributed by atoms with Crippen LogP contribution in [0.3, 0.4) is 0 Å². The number of aromatic nitrogens is 1. The van der Waals surface area contributed by atoms with Crippen LogP contribution in [0.25, 0.3) is 0 Å². The summed E-state index contributed by atoms with van der Waals surface area (Å²) in [6.45, 7) is 14.1. The molecule has 0 saturated carbocycles. The number of rotatable bonds is 12. The molecule has 1 aromatic heterocycles. The van der Waals surface area contributed by atoms with Gasteiger partial charge in [-0.15, -0.1) is 0 Å². The monoisotopic (exact) mass is 420 g/mol. The smallest absolute Gasteiger partial charge is 0.193 e. The minimum absolute atomic E-state index is 0.164. The van der Waals surface area contributed by atoms with Gasteiger partial charge in [-0.2, -0.15) is 0 Å². The van der Waals surface area contributed by atoms with E-state index in [1.54, 1.807) is 16.7 Å². The number of nitrogens with zero attached hydrogens (tertiary/aromatic N) is 2. The molecule has 1 aliphatic heterocycles. The quantitative estimate of drug-likeness (QED) is 0.365. The predicted molar refractivity (Wildman–Crippen MR) is 127 cm³/mol. The van der Waals surface area contributed by atoms with Crippen molar-refractivity contribution >= 4 is 0 Å². The summed E-state index contributed by atoms with van der Waals surface area (Å²) in [7, 11) is 2.29. The topological polar surface area (TPSA) is 48.6 Å². The van der Waals surface area contributed by atoms with Gasteiger partial charge in [0, 0.05) is 24.2 Å². The fraction of sp³-hybridized carbons (Fsp3) is 0.846. The number of hydrogen-bond acceptors (Lipinski definition) is 3. The van der Waals surface area contributed by atoms with Gasteiger partial charge in [-0.1, -0.05) is 72.1 Å². The van der Waals surface area contributed by atoms with Gasteiger partial charge in [0.15, 0.2) is 11.8 Å². The minimum atomic E-state index is 0.164. The number of aromatic hydroxyl groups is 2. The van der Waals surface area contributed by atoms with Crippen LogP contribution in [0.1, 0.15) is 98.8 Å². The van der Waals surface area contributed by atoms with Gasteiger partial charge in [0.25, 0.3) is 0 Å². The number of hydrogen-bond donors (Lipinski definition) is 2. The molecular formula is C26H48N2O2. The van der Waals surface area contributed by atoms with Crippen molar-refractivity contribution in [1.29, 1.82) is 0 Å². The van der Waals surface area contributed by atoms with E-state index in [1.807, 2.05) is 0 Å². The van der Waals surface area contributed by atoms with Gasteiger partial charge >= 0.3 is 0 Å². The first-order valence-electron chi connectivity index (χ1n) is 12.4. The molecule has 1 fully saturated rings. The molecule has 30 heavy (non-hydrogen) atoms. The van der Waals surface area contributed by atoms with Gasteiger partial charge < -0.3 is 15.1 Å². The molecule has 1 saturated heterocycles. The van der Waals surface area contributed by atoms with Crippen LogP contribution >= 0.6 is 0 Å². The van der Waals surface area contributed by atoms with E-state index in [-0.39, 0.29) is 17.3 Å². The molecule has 1 aliphatic rings. The SMILES string of the molecule is CCCCCCC(CCCCCn1c(O)ccc1O)C1CCN(C)C(C)(C)C1(C)C. The first kappa shape index (κ1) is 25.1. The zero-order valence-electron chi connectivity index (χ0n) is 20.6. The Labute approximate surface area is 185 Å². The second-order valence-electron chi connectivity index (χ2n) is 10.8. The van der Waals surface area contributed by atoms with Gasteiger partial charge in [-0.25, -0.2) is 0 Å². The fourth-order valence-corrected chi connectivity index (χ4v) is 5.65. The molecular weight excluding hydrogens is 372 g/mol. The molecule has 0 amide bonds. The summed E-state index contributed by atoms with van der Waals surface area (Å²) in [6, 6.07) is 3.12. The van der Waals surface area contributed by atoms with Crippen LogP contribution in [-0.4, -0.2) is 38.8 Å². The molecule has 2 rings (SSSR count). The predicted octanol–water partition coefficient (Wildman–Crippen LogP) is 6.80. The summed E-state index contributed by atoms with van der Waals surface area (Å²) in [5.41, 5.74) is 0.527. The lowest BCUT2D eigenvalue weighted by Crippen LogP contribution is -2.60. The van der Waals surface area contributed by atoms with Crippen molar-refractivity contribution in [3.63, 3.8) is 0 Å². The molecule has 4 heteroatoms. The molecule has 2 atom stereocenters. The Bertz CT molecular complexity index is 615. The molecule has 1 aromatic rings. The second kappa shape index (κ2) is 10.9. The van der Waals surface area contributed by atoms with Crippen LogP contribution in [-0.2, 0) is 6.54 Å². The average Bonchev–Trinajstić information content (AvgIpc) is 3.00. The van der Waals surface area contributed by atoms with E-state index in [1.165, 1.54) is 57.9 Å². The Morgan fingerprint density at radius 1 is 0.933 bits per heavy atom. The first-order valence-corrected chi connectivity index (χ1v) is 12.4. The van der Waals surface area contributed by atoms with Crippen LogP contribution in [0.2, 0.25) is 0 Å². The van der Waals surface area contributed by atoms with E-state index in [0.29, 0.717) is 12.0 Å². The van der Waals surface area contributed by atoms with Crippen molar-refractivity contribution in [3.8, 4) is 11.8 Å². The summed E-state index contributed by atoms with van der Waals surface area (Å²) in [5, 5.41) is 19.6. The maximum absolute atomic E-state index is 9.81. The third-order valence-electron chi connectivity index (χ3n) is 8.62. The molecule has 2 N–H and O–H groups in total. The Morgan fingerprint density at radius 2 is 1.50 bits per heavy atom. The zero-order chi connectivity index (χ0) is 22.4. The lowest BCUT2D eigenvalue weighted by Gasteiger charge is -2.58. The standard InChI is InChI=1S/C26H48N2O2/c1-7-8-9-11-14-21(22-18-20-27(6)26(4,5)25(22,2)3)15-12-10-13-19-28-23(29)16-17-24(28)30/h16-17,21-22,29-30H,7-15,18-20H2,1-6H3. The highest BCUT2D eigenvalue weighted by Crippen LogP contribution is 2.51. The van der Waals surface area contributed by atoms with E-state index in [9.17, 15) is 10.2 Å². The molecule has 4 nitrogen and oxygen atoms in total. The van der Waals surface area contributed by atoms with Gasteiger partial charge in [0.1, 0.15) is 0 Å². The highest BCUT2D eigenvalue weighted by Gasteiger charge is 2.50. The summed E-state index contributed by atoms with van der Waals surface area (Å²) < 4.78 is 1.60. The summed E-state index contributed by atoms with van der Waals surface area (Å²) in [4.78, 5) is 2.56. The van der Waals surface area contributed by atoms with Crippen LogP contribution in [0.4, 0.5) is 0 Å². The Hall–Kier alpha value is -1.16. The third kappa shape index (κ3) is 5.75. The van der Waals surface area contributed by atoms with Crippen LogP contribution < -0.4 is 0 Å². The molecule has 0 aliphatic carbocycles. The molecule has 0 aromatic carbocycles. The van der Waals surface area contributed by atoms with Crippen molar-refractivity contribution in [1.82, 2.24) is 9.47 Å². The lowest BCUT2D eigenvalue weighted by molar-refractivity contribution is -0.0810. The molecule has 2 heterocycles. The molecule has 174 valence electrons. The van der Waals surface area contributed by atoms with Crippen LogP contribution in [0.5, 0.6) is 11.8 Å². The lowest BCUT2D eigenvalue weighted by atomic mass is 9.57. The minimum Gasteiger partial charge on any atom is -0.494 e. The number of piperidine rings is 1. The van der Waals surface area contributed by atoms with Crippen molar-refractivity contribution in [2.24, 2.45) is 17.3 Å². The first-order chi connectivity index (χ1) is 14.1.